The molecule has 0 amide bonds. The quantitative estimate of drug-likeness (QED) is 0.703. The van der Waals surface area contributed by atoms with Crippen LogP contribution >= 0.6 is 0 Å². The van der Waals surface area contributed by atoms with Gasteiger partial charge in [0.2, 0.25) is 0 Å². The number of benzene rings is 1. The minimum atomic E-state index is -4.88. The van der Waals surface area contributed by atoms with Crippen molar-refractivity contribution in [3.63, 3.8) is 0 Å². The van der Waals surface area contributed by atoms with Gasteiger partial charge in [-0.05, 0) is 12.5 Å². The standard InChI is InChI=1S/C8H10BF3N/c1-6(13)7-2-4-8(5-3-7)9(10,11)12/h2-6H,13H2,1H3/q-1/t6-/m0/s1. The highest BCUT2D eigenvalue weighted by atomic mass is 19.4. The summed E-state index contributed by atoms with van der Waals surface area (Å²) in [5.74, 6) is 0. The smallest absolute Gasteiger partial charge is 0.445 e. The van der Waals surface area contributed by atoms with E-state index in [0.717, 1.165) is 12.1 Å². The van der Waals surface area contributed by atoms with E-state index in [-0.39, 0.29) is 6.04 Å². The van der Waals surface area contributed by atoms with Crippen LogP contribution in [0.1, 0.15) is 18.5 Å². The largest absolute Gasteiger partial charge is 0.509 e. The summed E-state index contributed by atoms with van der Waals surface area (Å²) in [7, 11) is 0. The van der Waals surface area contributed by atoms with Gasteiger partial charge in [-0.25, -0.2) is 0 Å². The normalized spacial score (nSPS) is 14.2. The highest BCUT2D eigenvalue weighted by Crippen LogP contribution is 2.12. The van der Waals surface area contributed by atoms with Gasteiger partial charge >= 0.3 is 6.98 Å². The van der Waals surface area contributed by atoms with Crippen LogP contribution in [0.5, 0.6) is 0 Å². The maximum Gasteiger partial charge on any atom is 0.509 e. The third-order valence-corrected chi connectivity index (χ3v) is 1.84. The van der Waals surface area contributed by atoms with E-state index < -0.39 is 12.4 Å². The molecule has 0 bridgehead atoms. The SMILES string of the molecule is C[C@H](N)c1ccc([B-](F)(F)F)cc1. The third-order valence-electron chi connectivity index (χ3n) is 1.84. The van der Waals surface area contributed by atoms with Crippen molar-refractivity contribution in [2.24, 2.45) is 5.73 Å². The molecule has 1 nitrogen and oxygen atoms in total. The van der Waals surface area contributed by atoms with Crippen molar-refractivity contribution in [2.45, 2.75) is 13.0 Å². The van der Waals surface area contributed by atoms with E-state index in [1.54, 1.807) is 6.92 Å². The number of rotatable bonds is 2. The van der Waals surface area contributed by atoms with E-state index in [1.807, 2.05) is 0 Å². The molecule has 0 saturated carbocycles. The van der Waals surface area contributed by atoms with E-state index in [0.29, 0.717) is 5.56 Å². The lowest BCUT2D eigenvalue weighted by molar-refractivity contribution is 0.501. The second kappa shape index (κ2) is 3.42. The molecular weight excluding hydrogens is 178 g/mol. The molecule has 72 valence electrons. The monoisotopic (exact) mass is 188 g/mol. The molecule has 1 atom stereocenters. The van der Waals surface area contributed by atoms with Gasteiger partial charge in [-0.3, -0.25) is 0 Å². The first-order chi connectivity index (χ1) is 5.91. The number of hydrogen-bond acceptors (Lipinski definition) is 1. The summed E-state index contributed by atoms with van der Waals surface area (Å²) in [6.07, 6.45) is 0. The van der Waals surface area contributed by atoms with Crippen LogP contribution in [0, 0.1) is 0 Å². The molecule has 0 aliphatic heterocycles. The molecule has 0 saturated heterocycles. The lowest BCUT2D eigenvalue weighted by Gasteiger charge is -2.15. The third kappa shape index (κ3) is 2.49. The first kappa shape index (κ1) is 10.1. The molecule has 0 aromatic heterocycles. The van der Waals surface area contributed by atoms with Crippen LogP contribution < -0.4 is 11.2 Å². The molecule has 1 aromatic rings. The van der Waals surface area contributed by atoms with Gasteiger partial charge in [0.15, 0.2) is 0 Å². The van der Waals surface area contributed by atoms with Crippen molar-refractivity contribution in [3.05, 3.63) is 29.8 Å². The lowest BCUT2D eigenvalue weighted by atomic mass is 9.80. The molecule has 0 aliphatic rings. The molecule has 0 unspecified atom stereocenters. The van der Waals surface area contributed by atoms with E-state index in [4.69, 9.17) is 5.73 Å². The minimum absolute atomic E-state index is 0.227. The van der Waals surface area contributed by atoms with E-state index in [9.17, 15) is 12.9 Å². The Morgan fingerprint density at radius 3 is 1.92 bits per heavy atom. The average Bonchev–Trinajstić information content (AvgIpc) is 2.03. The van der Waals surface area contributed by atoms with E-state index in [1.165, 1.54) is 12.1 Å². The van der Waals surface area contributed by atoms with Crippen LogP contribution in [0.15, 0.2) is 24.3 Å². The molecule has 0 fully saturated rings. The average molecular weight is 188 g/mol. The summed E-state index contributed by atoms with van der Waals surface area (Å²) < 4.78 is 36.5. The Kier molecular flexibility index (Phi) is 2.66. The minimum Gasteiger partial charge on any atom is -0.445 e. The predicted molar refractivity (Wildman–Crippen MR) is 47.8 cm³/mol. The molecular formula is C8H10BF3N-. The second-order valence-corrected chi connectivity index (χ2v) is 3.03. The summed E-state index contributed by atoms with van der Waals surface area (Å²) in [4.78, 5) is 0. The van der Waals surface area contributed by atoms with Crippen molar-refractivity contribution in [1.29, 1.82) is 0 Å². The van der Waals surface area contributed by atoms with E-state index in [2.05, 4.69) is 0 Å². The molecule has 1 aromatic carbocycles. The van der Waals surface area contributed by atoms with Gasteiger partial charge in [0, 0.05) is 6.04 Å². The van der Waals surface area contributed by atoms with Crippen LogP contribution in [0.25, 0.3) is 0 Å². The Balaban J connectivity index is 2.94. The summed E-state index contributed by atoms with van der Waals surface area (Å²) in [6.45, 7) is -3.15. The summed E-state index contributed by atoms with van der Waals surface area (Å²) in [5, 5.41) is 0. The summed E-state index contributed by atoms with van der Waals surface area (Å²) >= 11 is 0. The van der Waals surface area contributed by atoms with Gasteiger partial charge in [-0.15, -0.1) is 5.46 Å². The van der Waals surface area contributed by atoms with Gasteiger partial charge in [0.05, 0.1) is 0 Å². The highest BCUT2D eigenvalue weighted by molar-refractivity contribution is 6.73. The van der Waals surface area contributed by atoms with Gasteiger partial charge in [-0.2, -0.15) is 0 Å². The Bertz CT molecular complexity index is 278. The lowest BCUT2D eigenvalue weighted by Crippen LogP contribution is -2.33. The topological polar surface area (TPSA) is 26.0 Å². The van der Waals surface area contributed by atoms with E-state index >= 15 is 0 Å². The molecule has 2 N–H and O–H groups in total. The Labute approximate surface area is 74.8 Å². The van der Waals surface area contributed by atoms with Crippen molar-refractivity contribution in [3.8, 4) is 0 Å². The predicted octanol–water partition coefficient (Wildman–Crippen LogP) is 1.76. The van der Waals surface area contributed by atoms with Crippen molar-refractivity contribution >= 4 is 12.4 Å². The fourth-order valence-corrected chi connectivity index (χ4v) is 1.02. The van der Waals surface area contributed by atoms with Gasteiger partial charge in [0.1, 0.15) is 0 Å². The molecule has 0 aliphatic carbocycles. The fourth-order valence-electron chi connectivity index (χ4n) is 1.02. The Morgan fingerprint density at radius 1 is 1.15 bits per heavy atom. The first-order valence-corrected chi connectivity index (χ1v) is 3.96. The maximum atomic E-state index is 12.2. The maximum absolute atomic E-state index is 12.2. The van der Waals surface area contributed by atoms with Crippen LogP contribution in [-0.4, -0.2) is 6.98 Å². The fraction of sp³-hybridized carbons (Fsp3) is 0.250. The number of halogens is 3. The summed E-state index contributed by atoms with van der Waals surface area (Å²) in [5.41, 5.74) is 5.63. The zero-order chi connectivity index (χ0) is 10.1. The highest BCUT2D eigenvalue weighted by Gasteiger charge is 2.24. The van der Waals surface area contributed by atoms with Crippen LogP contribution in [0.3, 0.4) is 0 Å². The van der Waals surface area contributed by atoms with Crippen molar-refractivity contribution in [2.75, 3.05) is 0 Å². The molecule has 13 heavy (non-hydrogen) atoms. The Morgan fingerprint density at radius 2 is 1.62 bits per heavy atom. The second-order valence-electron chi connectivity index (χ2n) is 3.03. The van der Waals surface area contributed by atoms with Crippen molar-refractivity contribution < 1.29 is 12.9 Å². The van der Waals surface area contributed by atoms with Gasteiger partial charge in [0.25, 0.3) is 0 Å². The summed E-state index contributed by atoms with van der Waals surface area (Å²) in [6, 6.07) is 4.73. The molecule has 0 spiro atoms. The zero-order valence-electron chi connectivity index (χ0n) is 7.18. The molecule has 0 heterocycles. The van der Waals surface area contributed by atoms with Crippen LogP contribution in [0.2, 0.25) is 0 Å². The number of nitrogens with two attached hydrogens (primary N) is 1. The van der Waals surface area contributed by atoms with Gasteiger partial charge < -0.3 is 18.7 Å². The van der Waals surface area contributed by atoms with Gasteiger partial charge in [-0.1, -0.05) is 24.3 Å². The number of hydrogen-bond donors (Lipinski definition) is 1. The molecule has 1 rings (SSSR count). The zero-order valence-corrected chi connectivity index (χ0v) is 7.18. The Hall–Kier alpha value is -0.965. The van der Waals surface area contributed by atoms with Crippen LogP contribution in [0.4, 0.5) is 12.9 Å². The van der Waals surface area contributed by atoms with Crippen molar-refractivity contribution in [1.82, 2.24) is 0 Å². The first-order valence-electron chi connectivity index (χ1n) is 3.96. The molecule has 0 radical (unpaired) electrons. The van der Waals surface area contributed by atoms with Crippen LogP contribution in [-0.2, 0) is 0 Å². The molecule has 5 heteroatoms.